The van der Waals surface area contributed by atoms with E-state index in [0.29, 0.717) is 50.9 Å². The summed E-state index contributed by atoms with van der Waals surface area (Å²) in [5.41, 5.74) is 3.19. The maximum atomic E-state index is 15.4. The van der Waals surface area contributed by atoms with Gasteiger partial charge in [0.1, 0.15) is 11.4 Å². The highest BCUT2D eigenvalue weighted by atomic mass is 19.1. The fourth-order valence-corrected chi connectivity index (χ4v) is 7.06. The zero-order valence-corrected chi connectivity index (χ0v) is 23.5. The average Bonchev–Trinajstić information content (AvgIpc) is 3.71. The molecule has 4 aliphatic rings. The molecule has 1 atom stereocenters. The Balaban J connectivity index is 1.16. The predicted molar refractivity (Wildman–Crippen MR) is 155 cm³/mol. The number of carbonyl (C=O) groups excluding carboxylic acids is 2. The van der Waals surface area contributed by atoms with Gasteiger partial charge < -0.3 is 20.2 Å². The van der Waals surface area contributed by atoms with E-state index in [9.17, 15) is 14.7 Å². The molecule has 214 valence electrons. The number of piperazine rings is 1. The standard InChI is InChI=1S/C33H42FN3O3/c34-29-22-25(9-11-27(29)31(38)36-17-19-37(20-18-36)32(39)33(40)14-15-33)24-10-12-30-28(21-24)26(13-16-35-30)23-7-5-3-1-2-4-6-8-23/h9-12,21-23,26,35,40H,1-8,13-20H2. The highest BCUT2D eigenvalue weighted by Gasteiger charge is 2.50. The number of hydrogen-bond acceptors (Lipinski definition) is 4. The fourth-order valence-electron chi connectivity index (χ4n) is 7.06. The first-order valence-electron chi connectivity index (χ1n) is 15.4. The Morgan fingerprint density at radius 1 is 0.825 bits per heavy atom. The minimum absolute atomic E-state index is 0.0624. The van der Waals surface area contributed by atoms with Crippen LogP contribution in [0, 0.1) is 11.7 Å². The van der Waals surface area contributed by atoms with Crippen LogP contribution >= 0.6 is 0 Å². The molecule has 6 nitrogen and oxygen atoms in total. The van der Waals surface area contributed by atoms with Crippen LogP contribution in [0.3, 0.4) is 0 Å². The molecule has 2 aliphatic heterocycles. The number of anilines is 1. The molecule has 3 fully saturated rings. The van der Waals surface area contributed by atoms with Gasteiger partial charge in [0.05, 0.1) is 5.56 Å². The molecule has 0 aromatic heterocycles. The van der Waals surface area contributed by atoms with E-state index in [-0.39, 0.29) is 17.4 Å². The Morgan fingerprint density at radius 3 is 2.12 bits per heavy atom. The molecule has 40 heavy (non-hydrogen) atoms. The smallest absolute Gasteiger partial charge is 0.256 e. The highest BCUT2D eigenvalue weighted by Crippen LogP contribution is 2.43. The van der Waals surface area contributed by atoms with Crippen molar-refractivity contribution in [1.82, 2.24) is 9.80 Å². The second-order valence-electron chi connectivity index (χ2n) is 12.4. The largest absolute Gasteiger partial charge is 0.385 e. The van der Waals surface area contributed by atoms with Gasteiger partial charge in [-0.2, -0.15) is 0 Å². The minimum atomic E-state index is -1.20. The molecule has 2 N–H and O–H groups in total. The first-order chi connectivity index (χ1) is 19.4. The Bertz CT molecular complexity index is 1240. The van der Waals surface area contributed by atoms with Crippen LogP contribution in [0.4, 0.5) is 10.1 Å². The first kappa shape index (κ1) is 27.3. The zero-order valence-electron chi connectivity index (χ0n) is 23.5. The molecule has 0 bridgehead atoms. The molecule has 6 rings (SSSR count). The Kier molecular flexibility index (Phi) is 7.84. The molecular formula is C33H42FN3O3. The lowest BCUT2D eigenvalue weighted by Gasteiger charge is -2.35. The van der Waals surface area contributed by atoms with Crippen molar-refractivity contribution in [3.63, 3.8) is 0 Å². The van der Waals surface area contributed by atoms with Gasteiger partial charge in [-0.25, -0.2) is 4.39 Å². The van der Waals surface area contributed by atoms with Gasteiger partial charge in [-0.15, -0.1) is 0 Å². The number of nitrogens with zero attached hydrogens (tertiary/aromatic N) is 2. The van der Waals surface area contributed by atoms with Crippen molar-refractivity contribution < 1.29 is 19.1 Å². The number of carbonyl (C=O) groups is 2. The molecule has 2 aromatic rings. The van der Waals surface area contributed by atoms with E-state index in [1.807, 2.05) is 6.07 Å². The van der Waals surface area contributed by atoms with Crippen molar-refractivity contribution in [3.05, 3.63) is 53.3 Å². The van der Waals surface area contributed by atoms with Crippen molar-refractivity contribution in [2.45, 2.75) is 82.1 Å². The SMILES string of the molecule is O=C(c1ccc(-c2ccc3c(c2)C(C2CCCCCCCC2)CCN3)cc1F)N1CCN(C(=O)C2(O)CC2)CC1. The normalized spacial score (nSPS) is 23.3. The molecular weight excluding hydrogens is 505 g/mol. The van der Waals surface area contributed by atoms with Crippen LogP contribution in [-0.2, 0) is 4.79 Å². The highest BCUT2D eigenvalue weighted by molar-refractivity contribution is 5.95. The third-order valence-corrected chi connectivity index (χ3v) is 9.70. The monoisotopic (exact) mass is 547 g/mol. The van der Waals surface area contributed by atoms with Crippen molar-refractivity contribution in [3.8, 4) is 11.1 Å². The van der Waals surface area contributed by atoms with Crippen molar-refractivity contribution in [2.24, 2.45) is 5.92 Å². The summed E-state index contributed by atoms with van der Waals surface area (Å²) in [4.78, 5) is 28.8. The van der Waals surface area contributed by atoms with Crippen LogP contribution < -0.4 is 5.32 Å². The van der Waals surface area contributed by atoms with E-state index in [1.165, 1.54) is 68.7 Å². The quantitative estimate of drug-likeness (QED) is 0.496. The number of amides is 2. The molecule has 2 aromatic carbocycles. The number of benzene rings is 2. The van der Waals surface area contributed by atoms with Crippen LogP contribution in [0.15, 0.2) is 36.4 Å². The van der Waals surface area contributed by atoms with Gasteiger partial charge in [-0.05, 0) is 84.9 Å². The zero-order chi connectivity index (χ0) is 27.7. The summed E-state index contributed by atoms with van der Waals surface area (Å²) >= 11 is 0. The average molecular weight is 548 g/mol. The van der Waals surface area contributed by atoms with Crippen LogP contribution in [0.5, 0.6) is 0 Å². The number of fused-ring (bicyclic) bond motifs is 1. The second kappa shape index (κ2) is 11.5. The first-order valence-corrected chi connectivity index (χ1v) is 15.4. The third-order valence-electron chi connectivity index (χ3n) is 9.70. The minimum Gasteiger partial charge on any atom is -0.385 e. The topological polar surface area (TPSA) is 72.9 Å². The molecule has 1 unspecified atom stereocenters. The summed E-state index contributed by atoms with van der Waals surface area (Å²) in [6, 6.07) is 11.4. The molecule has 7 heteroatoms. The predicted octanol–water partition coefficient (Wildman–Crippen LogP) is 5.95. The maximum Gasteiger partial charge on any atom is 0.256 e. The lowest BCUT2D eigenvalue weighted by atomic mass is 9.76. The van der Waals surface area contributed by atoms with Crippen LogP contribution in [-0.4, -0.2) is 65.0 Å². The van der Waals surface area contributed by atoms with Crippen LogP contribution in [0.25, 0.3) is 11.1 Å². The molecule has 1 saturated heterocycles. The molecule has 2 amide bonds. The summed E-state index contributed by atoms with van der Waals surface area (Å²) in [7, 11) is 0. The van der Waals surface area contributed by atoms with E-state index in [1.54, 1.807) is 15.9 Å². The van der Waals surface area contributed by atoms with Crippen LogP contribution in [0.1, 0.15) is 92.5 Å². The molecule has 2 aliphatic carbocycles. The Labute approximate surface area is 236 Å². The number of aliphatic hydroxyl groups is 1. The van der Waals surface area contributed by atoms with Gasteiger partial charge in [0.15, 0.2) is 0 Å². The second-order valence-corrected chi connectivity index (χ2v) is 12.4. The fraction of sp³-hybridized carbons (Fsp3) is 0.576. The lowest BCUT2D eigenvalue weighted by molar-refractivity contribution is -0.143. The number of halogens is 1. The Morgan fingerprint density at radius 2 is 1.45 bits per heavy atom. The van der Waals surface area contributed by atoms with E-state index < -0.39 is 11.4 Å². The number of nitrogens with one attached hydrogen (secondary N) is 1. The Hall–Kier alpha value is -2.93. The summed E-state index contributed by atoms with van der Waals surface area (Å²) < 4.78 is 15.4. The van der Waals surface area contributed by atoms with E-state index >= 15 is 4.39 Å². The molecule has 0 radical (unpaired) electrons. The van der Waals surface area contributed by atoms with Gasteiger partial charge in [0, 0.05) is 38.4 Å². The van der Waals surface area contributed by atoms with Crippen molar-refractivity contribution in [1.29, 1.82) is 0 Å². The van der Waals surface area contributed by atoms with Gasteiger partial charge in [0.25, 0.3) is 11.8 Å². The van der Waals surface area contributed by atoms with Gasteiger partial charge in [-0.1, -0.05) is 50.7 Å². The van der Waals surface area contributed by atoms with Crippen LogP contribution in [0.2, 0.25) is 0 Å². The molecule has 0 spiro atoms. The van der Waals surface area contributed by atoms with E-state index in [2.05, 4.69) is 23.5 Å². The maximum absolute atomic E-state index is 15.4. The van der Waals surface area contributed by atoms with Gasteiger partial charge >= 0.3 is 0 Å². The van der Waals surface area contributed by atoms with E-state index in [0.717, 1.165) is 24.1 Å². The van der Waals surface area contributed by atoms with Gasteiger partial charge in [-0.3, -0.25) is 9.59 Å². The summed E-state index contributed by atoms with van der Waals surface area (Å²) in [6.07, 6.45) is 12.8. The number of hydrogen-bond donors (Lipinski definition) is 2. The third kappa shape index (κ3) is 5.63. The summed E-state index contributed by atoms with van der Waals surface area (Å²) in [5.74, 6) is 0.121. The van der Waals surface area contributed by atoms with Crippen molar-refractivity contribution in [2.75, 3.05) is 38.0 Å². The summed E-state index contributed by atoms with van der Waals surface area (Å²) in [5, 5.41) is 13.7. The number of rotatable bonds is 4. The van der Waals surface area contributed by atoms with E-state index in [4.69, 9.17) is 0 Å². The molecule has 2 saturated carbocycles. The van der Waals surface area contributed by atoms with Crippen molar-refractivity contribution >= 4 is 17.5 Å². The lowest BCUT2D eigenvalue weighted by Crippen LogP contribution is -2.53. The summed E-state index contributed by atoms with van der Waals surface area (Å²) in [6.45, 7) is 2.39. The van der Waals surface area contributed by atoms with Gasteiger partial charge in [0.2, 0.25) is 0 Å². The molecule has 2 heterocycles.